The average Bonchev–Trinajstić information content (AvgIpc) is 2.53. The molecule has 0 spiro atoms. The molecule has 3 rings (SSSR count). The molecule has 0 saturated carbocycles. The van der Waals surface area contributed by atoms with Crippen molar-refractivity contribution in [2.45, 2.75) is 19.5 Å². The summed E-state index contributed by atoms with van der Waals surface area (Å²) in [6, 6.07) is 19.5. The standard InChI is InChI=1S/C18H18N2.ClH/c1-14(16-8-10-19-11-9-16)20-13-15-6-7-17-4-2-3-5-18(17)12-15;/h2-12,14,20H,13H2,1H3;1H. The molecule has 0 bridgehead atoms. The SMILES string of the molecule is CC(NCc1ccc2ccccc2c1)c1ccncc1.Cl. The van der Waals surface area contributed by atoms with Crippen LogP contribution in [0.1, 0.15) is 24.1 Å². The third-order valence-corrected chi connectivity index (χ3v) is 3.63. The molecule has 1 heterocycles. The molecular weight excluding hydrogens is 280 g/mol. The quantitative estimate of drug-likeness (QED) is 0.766. The summed E-state index contributed by atoms with van der Waals surface area (Å²) in [7, 11) is 0. The third-order valence-electron chi connectivity index (χ3n) is 3.63. The van der Waals surface area contributed by atoms with Crippen LogP contribution < -0.4 is 5.32 Å². The number of rotatable bonds is 4. The summed E-state index contributed by atoms with van der Waals surface area (Å²) in [5, 5.41) is 6.14. The van der Waals surface area contributed by atoms with Crippen molar-refractivity contribution in [1.29, 1.82) is 0 Å². The van der Waals surface area contributed by atoms with Crippen LogP contribution in [0.5, 0.6) is 0 Å². The topological polar surface area (TPSA) is 24.9 Å². The van der Waals surface area contributed by atoms with Crippen molar-refractivity contribution >= 4 is 23.2 Å². The van der Waals surface area contributed by atoms with Crippen LogP contribution in [0.3, 0.4) is 0 Å². The number of pyridine rings is 1. The van der Waals surface area contributed by atoms with Crippen molar-refractivity contribution in [3.05, 3.63) is 78.1 Å². The zero-order chi connectivity index (χ0) is 13.8. The summed E-state index contributed by atoms with van der Waals surface area (Å²) >= 11 is 0. The monoisotopic (exact) mass is 298 g/mol. The van der Waals surface area contributed by atoms with E-state index in [2.05, 4.69) is 71.8 Å². The summed E-state index contributed by atoms with van der Waals surface area (Å²) in [6.07, 6.45) is 3.67. The molecule has 0 aliphatic rings. The van der Waals surface area contributed by atoms with Gasteiger partial charge in [0.2, 0.25) is 0 Å². The molecule has 1 aromatic heterocycles. The molecule has 0 saturated heterocycles. The Morgan fingerprint density at radius 2 is 1.67 bits per heavy atom. The van der Waals surface area contributed by atoms with E-state index in [1.165, 1.54) is 21.9 Å². The average molecular weight is 299 g/mol. The Labute approximate surface area is 131 Å². The largest absolute Gasteiger partial charge is 0.306 e. The maximum absolute atomic E-state index is 4.05. The highest BCUT2D eigenvalue weighted by Crippen LogP contribution is 2.17. The Morgan fingerprint density at radius 3 is 2.43 bits per heavy atom. The molecule has 0 aliphatic heterocycles. The smallest absolute Gasteiger partial charge is 0.0296 e. The number of hydrogen-bond donors (Lipinski definition) is 1. The van der Waals surface area contributed by atoms with E-state index >= 15 is 0 Å². The highest BCUT2D eigenvalue weighted by atomic mass is 35.5. The first-order valence-corrected chi connectivity index (χ1v) is 6.94. The molecule has 0 fully saturated rings. The van der Waals surface area contributed by atoms with E-state index in [4.69, 9.17) is 0 Å². The van der Waals surface area contributed by atoms with Crippen molar-refractivity contribution in [1.82, 2.24) is 10.3 Å². The van der Waals surface area contributed by atoms with Crippen molar-refractivity contribution in [2.24, 2.45) is 0 Å². The number of benzene rings is 2. The summed E-state index contributed by atoms with van der Waals surface area (Å²) in [4.78, 5) is 4.05. The highest BCUT2D eigenvalue weighted by molar-refractivity contribution is 5.85. The Balaban J connectivity index is 0.00000161. The highest BCUT2D eigenvalue weighted by Gasteiger charge is 2.04. The van der Waals surface area contributed by atoms with Crippen LogP contribution in [0.25, 0.3) is 10.8 Å². The van der Waals surface area contributed by atoms with Crippen LogP contribution in [-0.2, 0) is 6.54 Å². The van der Waals surface area contributed by atoms with Crippen molar-refractivity contribution in [3.8, 4) is 0 Å². The Hall–Kier alpha value is -1.90. The summed E-state index contributed by atoms with van der Waals surface area (Å²) in [5.41, 5.74) is 2.57. The van der Waals surface area contributed by atoms with Gasteiger partial charge in [-0.1, -0.05) is 36.4 Å². The molecule has 3 aromatic rings. The fourth-order valence-electron chi connectivity index (χ4n) is 2.39. The van der Waals surface area contributed by atoms with Crippen LogP contribution in [0, 0.1) is 0 Å². The lowest BCUT2D eigenvalue weighted by Gasteiger charge is -2.14. The zero-order valence-corrected chi connectivity index (χ0v) is 12.8. The van der Waals surface area contributed by atoms with Crippen molar-refractivity contribution < 1.29 is 0 Å². The van der Waals surface area contributed by atoms with Gasteiger partial charge in [0.05, 0.1) is 0 Å². The lowest BCUT2D eigenvalue weighted by Crippen LogP contribution is -2.18. The van der Waals surface area contributed by atoms with E-state index in [-0.39, 0.29) is 12.4 Å². The molecule has 108 valence electrons. The van der Waals surface area contributed by atoms with Gasteiger partial charge in [-0.2, -0.15) is 0 Å². The lowest BCUT2D eigenvalue weighted by molar-refractivity contribution is 0.574. The first-order chi connectivity index (χ1) is 9.83. The van der Waals surface area contributed by atoms with Gasteiger partial charge in [-0.15, -0.1) is 12.4 Å². The summed E-state index contributed by atoms with van der Waals surface area (Å²) in [6.45, 7) is 3.05. The van der Waals surface area contributed by atoms with E-state index in [1.54, 1.807) is 0 Å². The predicted molar refractivity (Wildman–Crippen MR) is 90.7 cm³/mol. The second-order valence-corrected chi connectivity index (χ2v) is 5.06. The molecular formula is C18H19ClN2. The number of nitrogens with zero attached hydrogens (tertiary/aromatic N) is 1. The van der Waals surface area contributed by atoms with Crippen LogP contribution in [0.15, 0.2) is 67.0 Å². The maximum Gasteiger partial charge on any atom is 0.0296 e. The van der Waals surface area contributed by atoms with E-state index in [1.807, 2.05) is 12.4 Å². The lowest BCUT2D eigenvalue weighted by atomic mass is 10.1. The van der Waals surface area contributed by atoms with Gasteiger partial charge in [0, 0.05) is 25.0 Å². The van der Waals surface area contributed by atoms with Gasteiger partial charge < -0.3 is 5.32 Å². The van der Waals surface area contributed by atoms with Crippen LogP contribution in [0.4, 0.5) is 0 Å². The van der Waals surface area contributed by atoms with Gasteiger partial charge in [0.25, 0.3) is 0 Å². The minimum absolute atomic E-state index is 0. The minimum atomic E-state index is 0. The number of aromatic nitrogens is 1. The summed E-state index contributed by atoms with van der Waals surface area (Å²) in [5.74, 6) is 0. The molecule has 1 atom stereocenters. The Bertz CT molecular complexity index is 698. The molecule has 21 heavy (non-hydrogen) atoms. The van der Waals surface area contributed by atoms with Crippen LogP contribution in [0.2, 0.25) is 0 Å². The molecule has 3 heteroatoms. The first kappa shape index (κ1) is 15.5. The predicted octanol–water partition coefficient (Wildman–Crippen LogP) is 4.51. The van der Waals surface area contributed by atoms with Crippen LogP contribution >= 0.6 is 12.4 Å². The van der Waals surface area contributed by atoms with Crippen molar-refractivity contribution in [2.75, 3.05) is 0 Å². The van der Waals surface area contributed by atoms with Gasteiger partial charge in [-0.3, -0.25) is 4.98 Å². The first-order valence-electron chi connectivity index (χ1n) is 6.94. The number of fused-ring (bicyclic) bond motifs is 1. The Morgan fingerprint density at radius 1 is 0.952 bits per heavy atom. The van der Waals surface area contributed by atoms with Gasteiger partial charge in [0.15, 0.2) is 0 Å². The van der Waals surface area contributed by atoms with Gasteiger partial charge in [0.1, 0.15) is 0 Å². The normalized spacial score (nSPS) is 11.9. The number of nitrogens with one attached hydrogen (secondary N) is 1. The molecule has 1 N–H and O–H groups in total. The molecule has 0 amide bonds. The van der Waals surface area contributed by atoms with Crippen molar-refractivity contribution in [3.63, 3.8) is 0 Å². The molecule has 1 unspecified atom stereocenters. The van der Waals surface area contributed by atoms with Gasteiger partial charge in [-0.25, -0.2) is 0 Å². The minimum Gasteiger partial charge on any atom is -0.306 e. The van der Waals surface area contributed by atoms with Gasteiger partial charge in [-0.05, 0) is 47.0 Å². The van der Waals surface area contributed by atoms with E-state index in [0.717, 1.165) is 6.54 Å². The number of halogens is 1. The second kappa shape index (κ2) is 7.21. The third kappa shape index (κ3) is 3.81. The molecule has 0 aliphatic carbocycles. The maximum atomic E-state index is 4.05. The van der Waals surface area contributed by atoms with Gasteiger partial charge >= 0.3 is 0 Å². The fraction of sp³-hybridized carbons (Fsp3) is 0.167. The molecule has 2 aromatic carbocycles. The zero-order valence-electron chi connectivity index (χ0n) is 12.0. The van der Waals surface area contributed by atoms with E-state index < -0.39 is 0 Å². The Kier molecular flexibility index (Phi) is 5.32. The van der Waals surface area contributed by atoms with Crippen LogP contribution in [-0.4, -0.2) is 4.98 Å². The molecule has 2 nitrogen and oxygen atoms in total. The second-order valence-electron chi connectivity index (χ2n) is 5.06. The summed E-state index contributed by atoms with van der Waals surface area (Å²) < 4.78 is 0. The number of hydrogen-bond acceptors (Lipinski definition) is 2. The van der Waals surface area contributed by atoms with E-state index in [0.29, 0.717) is 6.04 Å². The van der Waals surface area contributed by atoms with E-state index in [9.17, 15) is 0 Å². The fourth-order valence-corrected chi connectivity index (χ4v) is 2.39. The molecule has 0 radical (unpaired) electrons.